The Morgan fingerprint density at radius 1 is 1.12 bits per heavy atom. The molecule has 2 N–H and O–H groups in total. The van der Waals surface area contributed by atoms with E-state index < -0.39 is 36.0 Å². The van der Waals surface area contributed by atoms with Gasteiger partial charge in [-0.05, 0) is 24.5 Å². The Bertz CT molecular complexity index is 1080. The van der Waals surface area contributed by atoms with E-state index in [0.29, 0.717) is 28.9 Å². The molecule has 1 aromatic heterocycles. The van der Waals surface area contributed by atoms with E-state index in [4.69, 9.17) is 13.9 Å². The molecule has 10 nitrogen and oxygen atoms in total. The van der Waals surface area contributed by atoms with Crippen molar-refractivity contribution in [2.75, 3.05) is 20.8 Å². The van der Waals surface area contributed by atoms with Gasteiger partial charge in [-0.25, -0.2) is 4.79 Å². The van der Waals surface area contributed by atoms with Crippen LogP contribution in [0, 0.1) is 12.8 Å². The highest BCUT2D eigenvalue weighted by atomic mass is 16.5. The number of amides is 2. The molecule has 0 aliphatic heterocycles. The number of rotatable bonds is 10. The van der Waals surface area contributed by atoms with E-state index in [1.54, 1.807) is 26.8 Å². The number of carboxylic acids is 1. The number of hydrogen-bond donors (Lipinski definition) is 2. The summed E-state index contributed by atoms with van der Waals surface area (Å²) in [4.78, 5) is 48.0. The smallest absolute Gasteiger partial charge is 0.340 e. The second kappa shape index (κ2) is 10.7. The van der Waals surface area contributed by atoms with Crippen molar-refractivity contribution in [3.8, 4) is 11.5 Å². The molecule has 0 bridgehead atoms. The zero-order valence-electron chi connectivity index (χ0n) is 18.7. The van der Waals surface area contributed by atoms with Crippen LogP contribution in [0.25, 0.3) is 11.0 Å². The Hall–Kier alpha value is -3.56. The fourth-order valence-electron chi connectivity index (χ4n) is 3.22. The van der Waals surface area contributed by atoms with Crippen LogP contribution in [-0.4, -0.2) is 44.6 Å². The molecule has 2 aromatic rings. The highest BCUT2D eigenvalue weighted by Gasteiger charge is 2.21. The second-order valence-electron chi connectivity index (χ2n) is 7.40. The molecule has 0 saturated heterocycles. The number of carboxylic acid groups (broad SMARTS) is 1. The van der Waals surface area contributed by atoms with Crippen molar-refractivity contribution in [2.45, 2.75) is 39.7 Å². The number of aliphatic carboxylic acids is 1. The monoisotopic (exact) mass is 447 g/mol. The molecular weight excluding hydrogens is 420 g/mol. The number of ether oxygens (including phenoxy) is 2. The maximum Gasteiger partial charge on any atom is 0.340 e. The first-order valence-electron chi connectivity index (χ1n) is 10.1. The molecule has 0 radical (unpaired) electrons. The van der Waals surface area contributed by atoms with Gasteiger partial charge in [0.2, 0.25) is 11.8 Å². The van der Waals surface area contributed by atoms with Gasteiger partial charge in [0.15, 0.2) is 11.5 Å². The topological polar surface area (TPSA) is 147 Å². The molecule has 0 saturated carbocycles. The molecule has 32 heavy (non-hydrogen) atoms. The largest absolute Gasteiger partial charge is 0.548 e. The average Bonchev–Trinajstić information content (AvgIpc) is 2.77. The minimum absolute atomic E-state index is 0.134. The first-order chi connectivity index (χ1) is 15.1. The number of methoxy groups -OCH3 is 2. The molecule has 174 valence electrons. The minimum atomic E-state index is -1.39. The molecule has 2 amide bonds. The van der Waals surface area contributed by atoms with Gasteiger partial charge < -0.3 is 34.4 Å². The van der Waals surface area contributed by atoms with Gasteiger partial charge in [0.05, 0.1) is 44.8 Å². The van der Waals surface area contributed by atoms with Crippen LogP contribution in [0.1, 0.15) is 31.4 Å². The van der Waals surface area contributed by atoms with Crippen LogP contribution in [0.4, 0.5) is 0 Å². The fourth-order valence-corrected chi connectivity index (χ4v) is 3.22. The second-order valence-corrected chi connectivity index (χ2v) is 7.40. The number of carbonyl (C=O) groups excluding carboxylic acids is 3. The summed E-state index contributed by atoms with van der Waals surface area (Å²) in [5.41, 5.74) is 0.267. The SMILES string of the molecule is CC[C@@H](C)[C@H](NC(=O)CNC(=O)Cc1c(C)c2cc(OC)c(OC)cc2oc1=O)C(=O)[O-]. The zero-order chi connectivity index (χ0) is 24.0. The highest BCUT2D eigenvalue weighted by Crippen LogP contribution is 2.33. The van der Waals surface area contributed by atoms with E-state index in [9.17, 15) is 24.3 Å². The third kappa shape index (κ3) is 5.57. The Balaban J connectivity index is 2.14. The summed E-state index contributed by atoms with van der Waals surface area (Å²) < 4.78 is 15.8. The van der Waals surface area contributed by atoms with Gasteiger partial charge >= 0.3 is 5.63 Å². The third-order valence-corrected chi connectivity index (χ3v) is 5.36. The highest BCUT2D eigenvalue weighted by molar-refractivity contribution is 5.89. The van der Waals surface area contributed by atoms with Gasteiger partial charge in [-0.3, -0.25) is 9.59 Å². The van der Waals surface area contributed by atoms with Gasteiger partial charge in [0.25, 0.3) is 0 Å². The molecule has 2 atom stereocenters. The van der Waals surface area contributed by atoms with Gasteiger partial charge in [-0.2, -0.15) is 0 Å². The molecule has 1 heterocycles. The molecule has 1 aromatic carbocycles. The number of hydrogen-bond acceptors (Lipinski definition) is 8. The maximum atomic E-state index is 12.4. The van der Waals surface area contributed by atoms with E-state index >= 15 is 0 Å². The summed E-state index contributed by atoms with van der Waals surface area (Å²) in [7, 11) is 2.94. The molecule has 0 aliphatic carbocycles. The third-order valence-electron chi connectivity index (χ3n) is 5.36. The average molecular weight is 447 g/mol. The predicted molar refractivity (Wildman–Crippen MR) is 113 cm³/mol. The van der Waals surface area contributed by atoms with Crippen molar-refractivity contribution in [3.63, 3.8) is 0 Å². The lowest BCUT2D eigenvalue weighted by Crippen LogP contribution is -2.53. The normalized spacial score (nSPS) is 12.7. The lowest BCUT2D eigenvalue weighted by atomic mass is 9.99. The Labute approximate surface area is 184 Å². The molecule has 0 fully saturated rings. The number of carbonyl (C=O) groups is 3. The van der Waals surface area contributed by atoms with Gasteiger partial charge in [0, 0.05) is 11.5 Å². The van der Waals surface area contributed by atoms with E-state index in [1.165, 1.54) is 20.3 Å². The number of aryl methyl sites for hydroxylation is 1. The van der Waals surface area contributed by atoms with Gasteiger partial charge in [0.1, 0.15) is 5.58 Å². The molecule has 0 aliphatic rings. The standard InChI is InChI=1S/C22H28N2O8/c1-6-11(2)20(21(27)28)24-19(26)10-23-18(25)8-14-12(3)13-7-16(30-4)17(31-5)9-15(13)32-22(14)29/h7,9,11,20H,6,8,10H2,1-5H3,(H,23,25)(H,24,26)(H,27,28)/p-1/t11-,20+/m1/s1. The molecule has 10 heteroatoms. The van der Waals surface area contributed by atoms with E-state index in [1.807, 2.05) is 0 Å². The summed E-state index contributed by atoms with van der Waals surface area (Å²) >= 11 is 0. The summed E-state index contributed by atoms with van der Waals surface area (Å²) in [6.07, 6.45) is 0.208. The Morgan fingerprint density at radius 3 is 2.31 bits per heavy atom. The summed E-state index contributed by atoms with van der Waals surface area (Å²) in [5.74, 6) is -2.16. The van der Waals surface area contributed by atoms with Crippen LogP contribution in [0.15, 0.2) is 21.3 Å². The predicted octanol–water partition coefficient (Wildman–Crippen LogP) is 0.0581. The van der Waals surface area contributed by atoms with Crippen LogP contribution in [0.3, 0.4) is 0 Å². The first kappa shape index (κ1) is 24.7. The van der Waals surface area contributed by atoms with Crippen molar-refractivity contribution < 1.29 is 33.4 Å². The van der Waals surface area contributed by atoms with Crippen molar-refractivity contribution in [1.29, 1.82) is 0 Å². The molecule has 0 spiro atoms. The van der Waals surface area contributed by atoms with Crippen LogP contribution in [0.5, 0.6) is 11.5 Å². The van der Waals surface area contributed by atoms with Crippen LogP contribution in [-0.2, 0) is 20.8 Å². The maximum absolute atomic E-state index is 12.4. The van der Waals surface area contributed by atoms with E-state index in [0.717, 1.165) is 0 Å². The van der Waals surface area contributed by atoms with E-state index in [-0.39, 0.29) is 23.5 Å². The minimum Gasteiger partial charge on any atom is -0.548 e. The Morgan fingerprint density at radius 2 is 1.75 bits per heavy atom. The number of fused-ring (bicyclic) bond motifs is 1. The molecule has 0 unspecified atom stereocenters. The number of nitrogens with one attached hydrogen (secondary N) is 2. The van der Waals surface area contributed by atoms with Crippen molar-refractivity contribution >= 4 is 28.8 Å². The fraction of sp³-hybridized carbons (Fsp3) is 0.455. The first-order valence-corrected chi connectivity index (χ1v) is 10.1. The molecule has 2 rings (SSSR count). The van der Waals surface area contributed by atoms with Crippen LogP contribution < -0.4 is 30.8 Å². The zero-order valence-corrected chi connectivity index (χ0v) is 18.7. The van der Waals surface area contributed by atoms with Crippen molar-refractivity contribution in [3.05, 3.63) is 33.7 Å². The van der Waals surface area contributed by atoms with Crippen LogP contribution >= 0.6 is 0 Å². The Kier molecular flexibility index (Phi) is 8.22. The van der Waals surface area contributed by atoms with Crippen molar-refractivity contribution in [1.82, 2.24) is 10.6 Å². The lowest BCUT2D eigenvalue weighted by molar-refractivity contribution is -0.309. The summed E-state index contributed by atoms with van der Waals surface area (Å²) in [6, 6.07) is 2.02. The van der Waals surface area contributed by atoms with Gasteiger partial charge in [-0.15, -0.1) is 0 Å². The van der Waals surface area contributed by atoms with Gasteiger partial charge in [-0.1, -0.05) is 20.3 Å². The summed E-state index contributed by atoms with van der Waals surface area (Å²) in [6.45, 7) is 4.70. The number of benzene rings is 1. The van der Waals surface area contributed by atoms with E-state index in [2.05, 4.69) is 10.6 Å². The molecular formula is C22H27N2O8-. The van der Waals surface area contributed by atoms with Crippen molar-refractivity contribution in [2.24, 2.45) is 5.92 Å². The van der Waals surface area contributed by atoms with Crippen LogP contribution in [0.2, 0.25) is 0 Å². The quantitative estimate of drug-likeness (QED) is 0.486. The summed E-state index contributed by atoms with van der Waals surface area (Å²) in [5, 5.41) is 16.5. The lowest BCUT2D eigenvalue weighted by Gasteiger charge is -2.25.